The van der Waals surface area contributed by atoms with Gasteiger partial charge in [0.2, 0.25) is 0 Å². The van der Waals surface area contributed by atoms with Crippen molar-refractivity contribution in [1.29, 1.82) is 0 Å². The zero-order valence-corrected chi connectivity index (χ0v) is 16.1. The van der Waals surface area contributed by atoms with E-state index in [0.29, 0.717) is 0 Å². The van der Waals surface area contributed by atoms with Crippen LogP contribution in [0.25, 0.3) is 0 Å². The molecule has 0 heterocycles. The second kappa shape index (κ2) is 8.03. The molecule has 0 aliphatic heterocycles. The molecule has 0 saturated carbocycles. The van der Waals surface area contributed by atoms with Crippen LogP contribution in [0, 0.1) is 20.8 Å². The molecule has 2 heteroatoms. The summed E-state index contributed by atoms with van der Waals surface area (Å²) in [5, 5.41) is 4.38. The van der Waals surface area contributed by atoms with Crippen LogP contribution in [-0.4, -0.2) is 0 Å². The van der Waals surface area contributed by atoms with Crippen molar-refractivity contribution in [2.24, 2.45) is 0 Å². The first-order valence-corrected chi connectivity index (χ1v) is 8.99. The Balaban J connectivity index is 0.00000192. The Morgan fingerprint density at radius 2 is 0.739 bits per heavy atom. The van der Waals surface area contributed by atoms with E-state index in [1.807, 2.05) is 0 Å². The van der Waals surface area contributed by atoms with Gasteiger partial charge in [-0.05, 0) is 61.3 Å². The summed E-state index contributed by atoms with van der Waals surface area (Å²) < 4.78 is 0. The van der Waals surface area contributed by atoms with Crippen molar-refractivity contribution in [2.75, 3.05) is 0 Å². The van der Waals surface area contributed by atoms with Crippen molar-refractivity contribution >= 4 is 23.8 Å². The Hall–Kier alpha value is -1.25. The van der Waals surface area contributed by atoms with Crippen LogP contribution < -0.4 is 15.9 Å². The Morgan fingerprint density at radius 1 is 0.478 bits per heavy atom. The standard InChI is InChI=1S/C21H21P.Pd/c1-16-10-4-7-13-19(16)22(20-14-8-5-11-17(20)2)21-15-9-6-12-18(21)3;/h4-15H,1-3H3;. The first-order valence-electron chi connectivity index (χ1n) is 7.65. The fourth-order valence-electron chi connectivity index (χ4n) is 2.83. The molecule has 0 N–H and O–H groups in total. The maximum Gasteiger partial charge on any atom is 0 e. The molecule has 0 fully saturated rings. The van der Waals surface area contributed by atoms with E-state index in [-0.39, 0.29) is 20.4 Å². The molecule has 120 valence electrons. The number of rotatable bonds is 3. The molecule has 0 amide bonds. The van der Waals surface area contributed by atoms with Gasteiger partial charge in [-0.3, -0.25) is 0 Å². The fourth-order valence-corrected chi connectivity index (χ4v) is 5.60. The van der Waals surface area contributed by atoms with Gasteiger partial charge in [0.05, 0.1) is 0 Å². The van der Waals surface area contributed by atoms with Crippen LogP contribution in [0.15, 0.2) is 72.8 Å². The van der Waals surface area contributed by atoms with Crippen LogP contribution >= 0.6 is 7.92 Å². The van der Waals surface area contributed by atoms with E-state index in [2.05, 4.69) is 93.6 Å². The topological polar surface area (TPSA) is 0 Å². The van der Waals surface area contributed by atoms with Crippen molar-refractivity contribution in [3.8, 4) is 0 Å². The van der Waals surface area contributed by atoms with Crippen molar-refractivity contribution in [3.05, 3.63) is 89.5 Å². The summed E-state index contributed by atoms with van der Waals surface area (Å²) in [7, 11) is -0.508. The number of hydrogen-bond donors (Lipinski definition) is 0. The summed E-state index contributed by atoms with van der Waals surface area (Å²) in [6.07, 6.45) is 0. The second-order valence-corrected chi connectivity index (χ2v) is 7.81. The van der Waals surface area contributed by atoms with Gasteiger partial charge < -0.3 is 0 Å². The molecule has 0 atom stereocenters. The van der Waals surface area contributed by atoms with Gasteiger partial charge >= 0.3 is 0 Å². The fraction of sp³-hybridized carbons (Fsp3) is 0.143. The number of hydrogen-bond acceptors (Lipinski definition) is 0. The predicted molar refractivity (Wildman–Crippen MR) is 99.4 cm³/mol. The van der Waals surface area contributed by atoms with E-state index in [1.165, 1.54) is 32.6 Å². The van der Waals surface area contributed by atoms with Gasteiger partial charge in [-0.25, -0.2) is 0 Å². The molecular weight excluding hydrogens is 390 g/mol. The average molecular weight is 411 g/mol. The minimum Gasteiger partial charge on any atom is -0.0620 e. The maximum atomic E-state index is 2.29. The molecule has 0 aliphatic carbocycles. The Labute approximate surface area is 154 Å². The Bertz CT molecular complexity index is 687. The third kappa shape index (κ3) is 3.81. The smallest absolute Gasteiger partial charge is 0 e. The molecular formula is C21H21PPd. The van der Waals surface area contributed by atoms with E-state index < -0.39 is 7.92 Å². The van der Waals surface area contributed by atoms with Gasteiger partial charge in [-0.15, -0.1) is 0 Å². The molecule has 0 radical (unpaired) electrons. The SMILES string of the molecule is Cc1ccccc1P(c1ccccc1C)c1ccccc1C.[Pd]. The zero-order valence-electron chi connectivity index (χ0n) is 13.7. The van der Waals surface area contributed by atoms with Crippen LogP contribution in [0.5, 0.6) is 0 Å². The summed E-state index contributed by atoms with van der Waals surface area (Å²) in [4.78, 5) is 0. The van der Waals surface area contributed by atoms with Crippen molar-refractivity contribution in [2.45, 2.75) is 20.8 Å². The summed E-state index contributed by atoms with van der Waals surface area (Å²) in [6, 6.07) is 26.4. The first kappa shape index (κ1) is 18.1. The molecule has 0 aromatic heterocycles. The molecule has 0 saturated heterocycles. The molecule has 3 aromatic carbocycles. The first-order chi connectivity index (χ1) is 10.7. The van der Waals surface area contributed by atoms with E-state index in [4.69, 9.17) is 0 Å². The molecule has 0 nitrogen and oxygen atoms in total. The van der Waals surface area contributed by atoms with Crippen LogP contribution in [0.4, 0.5) is 0 Å². The van der Waals surface area contributed by atoms with E-state index in [1.54, 1.807) is 0 Å². The largest absolute Gasteiger partial charge is 0.0620 e. The van der Waals surface area contributed by atoms with E-state index in [9.17, 15) is 0 Å². The van der Waals surface area contributed by atoms with Gasteiger partial charge in [-0.2, -0.15) is 0 Å². The summed E-state index contributed by atoms with van der Waals surface area (Å²) in [6.45, 7) is 6.67. The van der Waals surface area contributed by atoms with Gasteiger partial charge in [-0.1, -0.05) is 72.8 Å². The van der Waals surface area contributed by atoms with Crippen LogP contribution in [0.1, 0.15) is 16.7 Å². The Kier molecular flexibility index (Phi) is 6.32. The third-order valence-corrected chi connectivity index (χ3v) is 7.02. The minimum atomic E-state index is -0.508. The van der Waals surface area contributed by atoms with Crippen LogP contribution in [0.2, 0.25) is 0 Å². The quantitative estimate of drug-likeness (QED) is 0.444. The molecule has 0 aliphatic rings. The molecule has 3 aromatic rings. The maximum absolute atomic E-state index is 2.29. The van der Waals surface area contributed by atoms with Gasteiger partial charge in [0.1, 0.15) is 0 Å². The third-order valence-electron chi connectivity index (χ3n) is 4.07. The normalized spacial score (nSPS) is 10.4. The molecule has 0 spiro atoms. The van der Waals surface area contributed by atoms with Crippen LogP contribution in [0.3, 0.4) is 0 Å². The van der Waals surface area contributed by atoms with Crippen molar-refractivity contribution in [3.63, 3.8) is 0 Å². The monoisotopic (exact) mass is 410 g/mol. The zero-order chi connectivity index (χ0) is 15.5. The van der Waals surface area contributed by atoms with E-state index in [0.717, 1.165) is 0 Å². The Morgan fingerprint density at radius 3 is 1.00 bits per heavy atom. The predicted octanol–water partition coefficient (Wildman–Crippen LogP) is 4.37. The molecule has 0 unspecified atom stereocenters. The van der Waals surface area contributed by atoms with Gasteiger partial charge in [0.25, 0.3) is 0 Å². The molecule has 3 rings (SSSR count). The van der Waals surface area contributed by atoms with Gasteiger partial charge in [0.15, 0.2) is 0 Å². The summed E-state index contributed by atoms with van der Waals surface area (Å²) in [5.74, 6) is 0. The summed E-state index contributed by atoms with van der Waals surface area (Å²) >= 11 is 0. The van der Waals surface area contributed by atoms with Crippen molar-refractivity contribution < 1.29 is 20.4 Å². The summed E-state index contributed by atoms with van der Waals surface area (Å²) in [5.41, 5.74) is 4.13. The van der Waals surface area contributed by atoms with Crippen molar-refractivity contribution in [1.82, 2.24) is 0 Å². The second-order valence-electron chi connectivity index (χ2n) is 5.69. The average Bonchev–Trinajstić information content (AvgIpc) is 2.53. The molecule has 0 bridgehead atoms. The number of benzene rings is 3. The van der Waals surface area contributed by atoms with Crippen LogP contribution in [-0.2, 0) is 20.4 Å². The minimum absolute atomic E-state index is 0. The van der Waals surface area contributed by atoms with E-state index >= 15 is 0 Å². The molecule has 23 heavy (non-hydrogen) atoms. The van der Waals surface area contributed by atoms with Gasteiger partial charge in [0, 0.05) is 20.4 Å². The number of aryl methyl sites for hydroxylation is 3.